The van der Waals surface area contributed by atoms with Crippen LogP contribution in [0.1, 0.15) is 24.8 Å². The molecule has 3 nitrogen and oxygen atoms in total. The third-order valence-electron chi connectivity index (χ3n) is 4.41. The summed E-state index contributed by atoms with van der Waals surface area (Å²) in [5.74, 6) is 0.340. The third kappa shape index (κ3) is 1.78. The van der Waals surface area contributed by atoms with Gasteiger partial charge in [0, 0.05) is 25.8 Å². The second-order valence-corrected chi connectivity index (χ2v) is 5.62. The van der Waals surface area contributed by atoms with Crippen molar-refractivity contribution in [2.24, 2.45) is 5.41 Å². The van der Waals surface area contributed by atoms with Crippen LogP contribution in [0.5, 0.6) is 0 Å². The van der Waals surface area contributed by atoms with E-state index in [9.17, 15) is 4.79 Å². The van der Waals surface area contributed by atoms with Gasteiger partial charge < -0.3 is 10.2 Å². The molecule has 1 amide bonds. The van der Waals surface area contributed by atoms with Gasteiger partial charge in [0.25, 0.3) is 0 Å². The number of carbonyl (C=O) groups is 1. The van der Waals surface area contributed by atoms with Crippen LogP contribution in [0, 0.1) is 5.41 Å². The number of hydrogen-bond donors (Lipinski definition) is 1. The maximum Gasteiger partial charge on any atom is 0.228 e. The van der Waals surface area contributed by atoms with Gasteiger partial charge in [-0.3, -0.25) is 4.79 Å². The SMILES string of the molecule is CN1CCCC2(CCNc3ccccc3C2)C1=O. The number of anilines is 1. The molecule has 0 saturated carbocycles. The Hall–Kier alpha value is -1.51. The summed E-state index contributed by atoms with van der Waals surface area (Å²) in [5.41, 5.74) is 2.33. The fraction of sp³-hybridized carbons (Fsp3) is 0.533. The first-order valence-corrected chi connectivity index (χ1v) is 6.79. The highest BCUT2D eigenvalue weighted by Gasteiger charge is 2.43. The minimum atomic E-state index is -0.160. The number of likely N-dealkylation sites (tertiary alicyclic amines) is 1. The molecular formula is C15H20N2O. The summed E-state index contributed by atoms with van der Waals surface area (Å²) < 4.78 is 0. The fourth-order valence-corrected chi connectivity index (χ4v) is 3.40. The van der Waals surface area contributed by atoms with E-state index in [1.54, 1.807) is 0 Å². The molecule has 1 aromatic carbocycles. The number of rotatable bonds is 0. The van der Waals surface area contributed by atoms with Crippen LogP contribution in [0.2, 0.25) is 0 Å². The summed E-state index contributed by atoms with van der Waals surface area (Å²) in [4.78, 5) is 14.5. The number of nitrogens with zero attached hydrogens (tertiary/aromatic N) is 1. The van der Waals surface area contributed by atoms with E-state index in [1.165, 1.54) is 11.3 Å². The van der Waals surface area contributed by atoms with Gasteiger partial charge >= 0.3 is 0 Å². The molecule has 1 N–H and O–H groups in total. The maximum absolute atomic E-state index is 12.6. The van der Waals surface area contributed by atoms with E-state index in [0.29, 0.717) is 5.91 Å². The number of carbonyl (C=O) groups excluding carboxylic acids is 1. The first-order chi connectivity index (χ1) is 8.71. The molecule has 1 unspecified atom stereocenters. The summed E-state index contributed by atoms with van der Waals surface area (Å²) in [6, 6.07) is 8.39. The van der Waals surface area contributed by atoms with E-state index in [2.05, 4.69) is 29.6 Å². The fourth-order valence-electron chi connectivity index (χ4n) is 3.40. The minimum absolute atomic E-state index is 0.160. The first kappa shape index (κ1) is 11.6. The second kappa shape index (κ2) is 4.30. The van der Waals surface area contributed by atoms with E-state index in [1.807, 2.05) is 11.9 Å². The van der Waals surface area contributed by atoms with Crippen molar-refractivity contribution in [3.63, 3.8) is 0 Å². The molecule has 0 radical (unpaired) electrons. The Morgan fingerprint density at radius 3 is 3.00 bits per heavy atom. The number of nitrogens with one attached hydrogen (secondary N) is 1. The Morgan fingerprint density at radius 2 is 2.11 bits per heavy atom. The van der Waals surface area contributed by atoms with Crippen LogP contribution in [0.25, 0.3) is 0 Å². The van der Waals surface area contributed by atoms with E-state index in [0.717, 1.165) is 38.8 Å². The molecule has 1 saturated heterocycles. The number of amides is 1. The van der Waals surface area contributed by atoms with Gasteiger partial charge in [-0.25, -0.2) is 0 Å². The minimum Gasteiger partial charge on any atom is -0.385 e. The van der Waals surface area contributed by atoms with Crippen LogP contribution in [-0.4, -0.2) is 30.9 Å². The van der Waals surface area contributed by atoms with Crippen LogP contribution >= 0.6 is 0 Å². The number of piperidine rings is 1. The van der Waals surface area contributed by atoms with Gasteiger partial charge in [-0.2, -0.15) is 0 Å². The Balaban J connectivity index is 1.96. The van der Waals surface area contributed by atoms with Gasteiger partial charge in [0.1, 0.15) is 0 Å². The number of hydrogen-bond acceptors (Lipinski definition) is 2. The average Bonchev–Trinajstić information content (AvgIpc) is 2.56. The third-order valence-corrected chi connectivity index (χ3v) is 4.41. The van der Waals surface area contributed by atoms with Crippen LogP contribution < -0.4 is 5.32 Å². The van der Waals surface area contributed by atoms with E-state index < -0.39 is 0 Å². The Morgan fingerprint density at radius 1 is 1.28 bits per heavy atom. The zero-order valence-electron chi connectivity index (χ0n) is 10.9. The second-order valence-electron chi connectivity index (χ2n) is 5.62. The van der Waals surface area contributed by atoms with Crippen molar-refractivity contribution < 1.29 is 4.79 Å². The van der Waals surface area contributed by atoms with Gasteiger partial charge in [-0.1, -0.05) is 18.2 Å². The normalized spacial score (nSPS) is 27.6. The molecule has 1 fully saturated rings. The quantitative estimate of drug-likeness (QED) is 0.759. The molecule has 3 heteroatoms. The summed E-state index contributed by atoms with van der Waals surface area (Å²) >= 11 is 0. The van der Waals surface area contributed by atoms with E-state index >= 15 is 0 Å². The highest BCUT2D eigenvalue weighted by Crippen LogP contribution is 2.40. The number of para-hydroxylation sites is 1. The summed E-state index contributed by atoms with van der Waals surface area (Å²) in [6.45, 7) is 1.81. The van der Waals surface area contributed by atoms with Crippen molar-refractivity contribution in [1.82, 2.24) is 4.90 Å². The smallest absolute Gasteiger partial charge is 0.228 e. The molecule has 2 aliphatic heterocycles. The molecule has 96 valence electrons. The summed E-state index contributed by atoms with van der Waals surface area (Å²) in [5, 5.41) is 3.46. The molecule has 1 spiro atoms. The monoisotopic (exact) mass is 244 g/mol. The zero-order valence-corrected chi connectivity index (χ0v) is 10.9. The molecule has 2 heterocycles. The topological polar surface area (TPSA) is 32.3 Å². The van der Waals surface area contributed by atoms with Gasteiger partial charge in [0.2, 0.25) is 5.91 Å². The van der Waals surface area contributed by atoms with Gasteiger partial charge in [-0.15, -0.1) is 0 Å². The molecule has 18 heavy (non-hydrogen) atoms. The molecule has 0 bridgehead atoms. The molecule has 1 atom stereocenters. The van der Waals surface area contributed by atoms with Crippen molar-refractivity contribution >= 4 is 11.6 Å². The highest BCUT2D eigenvalue weighted by molar-refractivity contribution is 5.84. The first-order valence-electron chi connectivity index (χ1n) is 6.79. The Labute approximate surface area is 108 Å². The predicted molar refractivity (Wildman–Crippen MR) is 72.6 cm³/mol. The van der Waals surface area contributed by atoms with Crippen molar-refractivity contribution in [2.75, 3.05) is 25.5 Å². The standard InChI is InChI=1S/C15H20N2O/c1-17-10-4-7-15(14(17)18)8-9-16-13-6-3-2-5-12(13)11-15/h2-3,5-6,16H,4,7-11H2,1H3. The summed E-state index contributed by atoms with van der Waals surface area (Å²) in [7, 11) is 1.94. The molecule has 3 rings (SSSR count). The van der Waals surface area contributed by atoms with E-state index in [4.69, 9.17) is 0 Å². The van der Waals surface area contributed by atoms with Crippen LogP contribution in [-0.2, 0) is 11.2 Å². The number of fused-ring (bicyclic) bond motifs is 1. The van der Waals surface area contributed by atoms with Crippen molar-refractivity contribution in [1.29, 1.82) is 0 Å². The van der Waals surface area contributed by atoms with Crippen molar-refractivity contribution in [3.8, 4) is 0 Å². The lowest BCUT2D eigenvalue weighted by molar-refractivity contribution is -0.145. The molecule has 2 aliphatic rings. The lowest BCUT2D eigenvalue weighted by Gasteiger charge is -2.39. The van der Waals surface area contributed by atoms with Gasteiger partial charge in [0.05, 0.1) is 5.41 Å². The summed E-state index contributed by atoms with van der Waals surface area (Å²) in [6.07, 6.45) is 4.00. The Bertz CT molecular complexity index is 471. The molecule has 1 aromatic rings. The largest absolute Gasteiger partial charge is 0.385 e. The van der Waals surface area contributed by atoms with Gasteiger partial charge in [-0.05, 0) is 37.3 Å². The molecular weight excluding hydrogens is 224 g/mol. The van der Waals surface area contributed by atoms with Crippen LogP contribution in [0.15, 0.2) is 24.3 Å². The predicted octanol–water partition coefficient (Wildman–Crippen LogP) is 2.28. The molecule has 0 aromatic heterocycles. The number of benzene rings is 1. The molecule has 0 aliphatic carbocycles. The van der Waals surface area contributed by atoms with Gasteiger partial charge in [0.15, 0.2) is 0 Å². The van der Waals surface area contributed by atoms with Crippen molar-refractivity contribution in [2.45, 2.75) is 25.7 Å². The average molecular weight is 244 g/mol. The highest BCUT2D eigenvalue weighted by atomic mass is 16.2. The Kier molecular flexibility index (Phi) is 2.77. The zero-order chi connectivity index (χ0) is 12.6. The van der Waals surface area contributed by atoms with Crippen LogP contribution in [0.4, 0.5) is 5.69 Å². The lowest BCUT2D eigenvalue weighted by atomic mass is 9.72. The van der Waals surface area contributed by atoms with E-state index in [-0.39, 0.29) is 5.41 Å². The maximum atomic E-state index is 12.6. The van der Waals surface area contributed by atoms with Crippen LogP contribution in [0.3, 0.4) is 0 Å². The van der Waals surface area contributed by atoms with Crippen molar-refractivity contribution in [3.05, 3.63) is 29.8 Å². The lowest BCUT2D eigenvalue weighted by Crippen LogP contribution is -2.48.